The van der Waals surface area contributed by atoms with Crippen LogP contribution in [0.25, 0.3) is 10.8 Å². The van der Waals surface area contributed by atoms with E-state index >= 15 is 0 Å². The van der Waals surface area contributed by atoms with Gasteiger partial charge in [0, 0.05) is 18.2 Å². The number of guanidine groups is 1. The Balaban J connectivity index is 0.00000210. The maximum absolute atomic E-state index is 6.07. The third-order valence-corrected chi connectivity index (χ3v) is 4.32. The average Bonchev–Trinajstić information content (AvgIpc) is 2.91. The number of hydrogen-bond donors (Lipinski definition) is 2. The first kappa shape index (κ1) is 19.3. The molecule has 0 atom stereocenters. The van der Waals surface area contributed by atoms with E-state index in [-0.39, 0.29) is 24.0 Å². The highest BCUT2D eigenvalue weighted by atomic mass is 127. The quantitative estimate of drug-likeness (QED) is 0.332. The molecule has 140 valence electrons. The second-order valence-electron chi connectivity index (χ2n) is 6.18. The summed E-state index contributed by atoms with van der Waals surface area (Å²) < 4.78 is 11.3. The van der Waals surface area contributed by atoms with E-state index in [1.165, 1.54) is 10.8 Å². The van der Waals surface area contributed by atoms with Crippen molar-refractivity contribution in [1.82, 2.24) is 0 Å². The Morgan fingerprint density at radius 3 is 2.63 bits per heavy atom. The zero-order chi connectivity index (χ0) is 17.8. The van der Waals surface area contributed by atoms with Gasteiger partial charge in [0.2, 0.25) is 0 Å². The summed E-state index contributed by atoms with van der Waals surface area (Å²) in [5.41, 5.74) is 8.04. The third-order valence-electron chi connectivity index (χ3n) is 4.32. The van der Waals surface area contributed by atoms with Gasteiger partial charge in [-0.15, -0.1) is 24.0 Å². The van der Waals surface area contributed by atoms with E-state index < -0.39 is 0 Å². The van der Waals surface area contributed by atoms with Gasteiger partial charge in [0.1, 0.15) is 0 Å². The number of nitrogens with one attached hydrogen (secondary N) is 1. The first-order valence-electron chi connectivity index (χ1n) is 8.73. The minimum absolute atomic E-state index is 0. The van der Waals surface area contributed by atoms with Gasteiger partial charge in [-0.2, -0.15) is 0 Å². The third kappa shape index (κ3) is 4.63. The number of nitrogens with zero attached hydrogens (tertiary/aromatic N) is 1. The van der Waals surface area contributed by atoms with Crippen molar-refractivity contribution in [2.24, 2.45) is 10.7 Å². The fourth-order valence-corrected chi connectivity index (χ4v) is 3.03. The van der Waals surface area contributed by atoms with Crippen LogP contribution < -0.4 is 20.5 Å². The van der Waals surface area contributed by atoms with E-state index in [2.05, 4.69) is 34.6 Å². The number of halogens is 1. The Morgan fingerprint density at radius 2 is 1.74 bits per heavy atom. The molecule has 1 aliphatic heterocycles. The van der Waals surface area contributed by atoms with Gasteiger partial charge in [-0.3, -0.25) is 0 Å². The molecule has 0 saturated carbocycles. The van der Waals surface area contributed by atoms with Crippen LogP contribution in [0.4, 0.5) is 5.69 Å². The first-order chi connectivity index (χ1) is 12.8. The summed E-state index contributed by atoms with van der Waals surface area (Å²) in [5, 5.41) is 5.52. The highest BCUT2D eigenvalue weighted by Gasteiger charge is 2.11. The summed E-state index contributed by atoms with van der Waals surface area (Å²) in [5.74, 6) is 1.86. The highest BCUT2D eigenvalue weighted by molar-refractivity contribution is 14.0. The van der Waals surface area contributed by atoms with Gasteiger partial charge < -0.3 is 20.5 Å². The van der Waals surface area contributed by atoms with Crippen LogP contribution in [0.1, 0.15) is 12.0 Å². The molecule has 27 heavy (non-hydrogen) atoms. The number of fused-ring (bicyclic) bond motifs is 2. The van der Waals surface area contributed by atoms with Crippen molar-refractivity contribution in [3.8, 4) is 11.5 Å². The van der Waals surface area contributed by atoms with Gasteiger partial charge in [0.05, 0.1) is 19.8 Å². The van der Waals surface area contributed by atoms with Crippen LogP contribution in [0.15, 0.2) is 65.7 Å². The SMILES string of the molecule is I.NC(=NCc1cccc2ccccc12)Nc1ccc2c(c1)OCCCO2. The summed E-state index contributed by atoms with van der Waals surface area (Å²) in [4.78, 5) is 4.48. The Kier molecular flexibility index (Phi) is 6.39. The van der Waals surface area contributed by atoms with Gasteiger partial charge in [0.15, 0.2) is 17.5 Å². The van der Waals surface area contributed by atoms with Crippen molar-refractivity contribution in [1.29, 1.82) is 0 Å². The first-order valence-corrected chi connectivity index (χ1v) is 8.73. The van der Waals surface area contributed by atoms with Crippen LogP contribution >= 0.6 is 24.0 Å². The summed E-state index contributed by atoms with van der Waals surface area (Å²) in [7, 11) is 0. The minimum Gasteiger partial charge on any atom is -0.490 e. The molecular weight excluding hydrogens is 453 g/mol. The number of hydrogen-bond acceptors (Lipinski definition) is 3. The van der Waals surface area contributed by atoms with Crippen LogP contribution in [0.2, 0.25) is 0 Å². The van der Waals surface area contributed by atoms with Crippen LogP contribution in [-0.2, 0) is 6.54 Å². The maximum atomic E-state index is 6.07. The van der Waals surface area contributed by atoms with Crippen molar-refractivity contribution in [3.63, 3.8) is 0 Å². The summed E-state index contributed by atoms with van der Waals surface area (Å²) >= 11 is 0. The van der Waals surface area contributed by atoms with Crippen LogP contribution in [0.5, 0.6) is 11.5 Å². The molecule has 5 nitrogen and oxygen atoms in total. The molecule has 0 saturated heterocycles. The lowest BCUT2D eigenvalue weighted by atomic mass is 10.1. The molecule has 0 radical (unpaired) electrons. The van der Waals surface area contributed by atoms with Crippen molar-refractivity contribution < 1.29 is 9.47 Å². The van der Waals surface area contributed by atoms with E-state index in [1.54, 1.807) is 0 Å². The number of nitrogens with two attached hydrogens (primary N) is 1. The molecule has 3 aromatic carbocycles. The van der Waals surface area contributed by atoms with Gasteiger partial charge in [-0.25, -0.2) is 4.99 Å². The number of ether oxygens (including phenoxy) is 2. The smallest absolute Gasteiger partial charge is 0.193 e. The van der Waals surface area contributed by atoms with Crippen LogP contribution in [-0.4, -0.2) is 19.2 Å². The number of benzene rings is 3. The number of rotatable bonds is 3. The van der Waals surface area contributed by atoms with Gasteiger partial charge in [-0.1, -0.05) is 42.5 Å². The fraction of sp³-hybridized carbons (Fsp3) is 0.190. The van der Waals surface area contributed by atoms with Gasteiger partial charge >= 0.3 is 0 Å². The van der Waals surface area contributed by atoms with Crippen molar-refractivity contribution in [3.05, 3.63) is 66.2 Å². The zero-order valence-corrected chi connectivity index (χ0v) is 17.2. The van der Waals surface area contributed by atoms with E-state index in [0.717, 1.165) is 29.2 Å². The molecule has 0 unspecified atom stereocenters. The molecule has 6 heteroatoms. The van der Waals surface area contributed by atoms with Gasteiger partial charge in [-0.05, 0) is 28.5 Å². The highest BCUT2D eigenvalue weighted by Crippen LogP contribution is 2.32. The van der Waals surface area contributed by atoms with E-state index in [0.29, 0.717) is 25.7 Å². The molecule has 3 aromatic rings. The van der Waals surface area contributed by atoms with E-state index in [1.807, 2.05) is 36.4 Å². The lowest BCUT2D eigenvalue weighted by Gasteiger charge is -2.11. The minimum atomic E-state index is 0. The van der Waals surface area contributed by atoms with Crippen LogP contribution in [0, 0.1) is 0 Å². The molecule has 1 aliphatic rings. The molecule has 0 aromatic heterocycles. The standard InChI is InChI=1S/C21H21N3O2.HI/c22-21(23-14-16-7-3-6-15-5-1-2-8-18(15)16)24-17-9-10-19-20(13-17)26-12-4-11-25-19;/h1-3,5-10,13H,4,11-12,14H2,(H3,22,23,24);1H. The second kappa shape index (κ2) is 8.94. The van der Waals surface area contributed by atoms with Crippen LogP contribution in [0.3, 0.4) is 0 Å². The van der Waals surface area contributed by atoms with E-state index in [4.69, 9.17) is 15.2 Å². The lowest BCUT2D eigenvalue weighted by molar-refractivity contribution is 0.297. The van der Waals surface area contributed by atoms with Crippen molar-refractivity contribution >= 4 is 46.4 Å². The number of anilines is 1. The normalized spacial score (nSPS) is 13.6. The van der Waals surface area contributed by atoms with Gasteiger partial charge in [0.25, 0.3) is 0 Å². The predicted octanol–water partition coefficient (Wildman–Crippen LogP) is 4.55. The summed E-state index contributed by atoms with van der Waals surface area (Å²) in [6, 6.07) is 20.2. The zero-order valence-electron chi connectivity index (χ0n) is 14.9. The molecule has 0 fully saturated rings. The second-order valence-corrected chi connectivity index (χ2v) is 6.18. The molecule has 3 N–H and O–H groups in total. The molecule has 0 amide bonds. The molecular formula is C21H22IN3O2. The van der Waals surface area contributed by atoms with Crippen molar-refractivity contribution in [2.75, 3.05) is 18.5 Å². The predicted molar refractivity (Wildman–Crippen MR) is 120 cm³/mol. The van der Waals surface area contributed by atoms with Crippen molar-refractivity contribution in [2.45, 2.75) is 13.0 Å². The maximum Gasteiger partial charge on any atom is 0.193 e. The molecule has 1 heterocycles. The Hall–Kier alpha value is -2.48. The number of aliphatic imine (C=N–C) groups is 1. The Labute approximate surface area is 175 Å². The largest absolute Gasteiger partial charge is 0.490 e. The Morgan fingerprint density at radius 1 is 0.963 bits per heavy atom. The van der Waals surface area contributed by atoms with E-state index in [9.17, 15) is 0 Å². The Bertz CT molecular complexity index is 954. The molecule has 0 aliphatic carbocycles. The molecule has 4 rings (SSSR count). The topological polar surface area (TPSA) is 68.9 Å². The molecule has 0 spiro atoms. The fourth-order valence-electron chi connectivity index (χ4n) is 3.03. The average molecular weight is 475 g/mol. The summed E-state index contributed by atoms with van der Waals surface area (Å²) in [6.45, 7) is 1.85. The molecule has 0 bridgehead atoms. The monoisotopic (exact) mass is 475 g/mol. The summed E-state index contributed by atoms with van der Waals surface area (Å²) in [6.07, 6.45) is 0.881. The lowest BCUT2D eigenvalue weighted by Crippen LogP contribution is -2.22.